The Hall–Kier alpha value is -0.320. The molecule has 0 heterocycles. The molecule has 0 bridgehead atoms. The molecule has 3 atom stereocenters. The molecule has 0 aromatic carbocycles. The maximum absolute atomic E-state index is 12.4. The molecular weight excluding hydrogens is 300 g/mol. The molecule has 2 aliphatic rings. The lowest BCUT2D eigenvalue weighted by atomic mass is 9.55. The van der Waals surface area contributed by atoms with Gasteiger partial charge < -0.3 is 15.8 Å². The minimum Gasteiger partial charge on any atom is -0.378 e. The smallest absolute Gasteiger partial charge is 0.237 e. The second-order valence-corrected chi connectivity index (χ2v) is 7.88. The predicted molar refractivity (Wildman–Crippen MR) is 92.2 cm³/mol. The van der Waals surface area contributed by atoms with Crippen LogP contribution in [0.25, 0.3) is 0 Å². The Morgan fingerprint density at radius 3 is 2.41 bits per heavy atom. The lowest BCUT2D eigenvalue weighted by Gasteiger charge is -2.58. The standard InChI is InChI=1S/C17H32N2O2.ClH/c1-5-21-13-11-12(17(13)9-7-6-8-10-17)19-15(20)14(18)16(2,3)4;/h12-14H,5-11,18H2,1-4H3,(H,19,20);1H/t12?,13?,14-;/m1./s1. The quantitative estimate of drug-likeness (QED) is 0.831. The predicted octanol–water partition coefficient (Wildman–Crippen LogP) is 3.03. The van der Waals surface area contributed by atoms with Crippen molar-refractivity contribution < 1.29 is 9.53 Å². The van der Waals surface area contributed by atoms with E-state index in [1.165, 1.54) is 32.1 Å². The van der Waals surface area contributed by atoms with Gasteiger partial charge in [0.05, 0.1) is 12.1 Å². The second kappa shape index (κ2) is 7.50. The van der Waals surface area contributed by atoms with Crippen LogP contribution in [0.1, 0.15) is 66.2 Å². The normalized spacial score (nSPS) is 28.4. The first-order valence-electron chi connectivity index (χ1n) is 8.49. The van der Waals surface area contributed by atoms with Crippen LogP contribution >= 0.6 is 12.4 Å². The van der Waals surface area contributed by atoms with E-state index >= 15 is 0 Å². The van der Waals surface area contributed by atoms with E-state index in [2.05, 4.69) is 12.2 Å². The third kappa shape index (κ3) is 3.77. The lowest BCUT2D eigenvalue weighted by molar-refractivity contribution is -0.158. The molecule has 22 heavy (non-hydrogen) atoms. The first kappa shape index (κ1) is 19.7. The summed E-state index contributed by atoms with van der Waals surface area (Å²) in [7, 11) is 0. The van der Waals surface area contributed by atoms with Gasteiger partial charge in [-0.15, -0.1) is 12.4 Å². The van der Waals surface area contributed by atoms with Crippen LogP contribution < -0.4 is 11.1 Å². The van der Waals surface area contributed by atoms with Gasteiger partial charge in [-0.25, -0.2) is 0 Å². The number of amides is 1. The van der Waals surface area contributed by atoms with Crippen LogP contribution in [0, 0.1) is 10.8 Å². The van der Waals surface area contributed by atoms with Crippen molar-refractivity contribution in [3.8, 4) is 0 Å². The second-order valence-electron chi connectivity index (χ2n) is 7.88. The first-order chi connectivity index (χ1) is 9.81. The van der Waals surface area contributed by atoms with Gasteiger partial charge in [0.1, 0.15) is 0 Å². The Labute approximate surface area is 141 Å². The number of carbonyl (C=O) groups is 1. The fourth-order valence-electron chi connectivity index (χ4n) is 3.92. The van der Waals surface area contributed by atoms with Crippen LogP contribution in [0.2, 0.25) is 0 Å². The van der Waals surface area contributed by atoms with E-state index in [9.17, 15) is 4.79 Å². The number of nitrogens with two attached hydrogens (primary N) is 1. The highest BCUT2D eigenvalue weighted by Gasteiger charge is 2.56. The average molecular weight is 333 g/mol. The van der Waals surface area contributed by atoms with Crippen LogP contribution in [0.3, 0.4) is 0 Å². The van der Waals surface area contributed by atoms with Crippen LogP contribution in [-0.4, -0.2) is 30.7 Å². The van der Waals surface area contributed by atoms with Gasteiger partial charge in [0, 0.05) is 18.1 Å². The third-order valence-electron chi connectivity index (χ3n) is 5.47. The Bertz CT molecular complexity index is 375. The van der Waals surface area contributed by atoms with Gasteiger partial charge in [-0.3, -0.25) is 4.79 Å². The summed E-state index contributed by atoms with van der Waals surface area (Å²) in [6.07, 6.45) is 7.42. The molecule has 2 aliphatic carbocycles. The third-order valence-corrected chi connectivity index (χ3v) is 5.47. The Morgan fingerprint density at radius 1 is 1.32 bits per heavy atom. The van der Waals surface area contributed by atoms with E-state index in [1.807, 2.05) is 20.8 Å². The molecular formula is C17H33ClN2O2. The fraction of sp³-hybridized carbons (Fsp3) is 0.941. The summed E-state index contributed by atoms with van der Waals surface area (Å²) >= 11 is 0. The minimum atomic E-state index is -0.454. The molecule has 1 amide bonds. The fourth-order valence-corrected chi connectivity index (χ4v) is 3.92. The van der Waals surface area contributed by atoms with Gasteiger partial charge in [-0.2, -0.15) is 0 Å². The van der Waals surface area contributed by atoms with Crippen LogP contribution in [0.4, 0.5) is 0 Å². The van der Waals surface area contributed by atoms with Crippen molar-refractivity contribution in [2.45, 2.75) is 84.4 Å². The van der Waals surface area contributed by atoms with Crippen molar-refractivity contribution in [3.63, 3.8) is 0 Å². The molecule has 0 aromatic rings. The molecule has 0 aliphatic heterocycles. The molecule has 2 unspecified atom stereocenters. The van der Waals surface area contributed by atoms with Gasteiger partial charge in [0.2, 0.25) is 5.91 Å². The summed E-state index contributed by atoms with van der Waals surface area (Å²) in [6, 6.07) is -0.209. The molecule has 4 nitrogen and oxygen atoms in total. The van der Waals surface area contributed by atoms with Gasteiger partial charge in [-0.1, -0.05) is 40.0 Å². The molecule has 2 rings (SSSR count). The number of nitrogens with one attached hydrogen (secondary N) is 1. The van der Waals surface area contributed by atoms with Gasteiger partial charge >= 0.3 is 0 Å². The van der Waals surface area contributed by atoms with E-state index in [1.54, 1.807) is 0 Å². The van der Waals surface area contributed by atoms with E-state index < -0.39 is 6.04 Å². The van der Waals surface area contributed by atoms with Crippen molar-refractivity contribution in [1.82, 2.24) is 5.32 Å². The van der Waals surface area contributed by atoms with Crippen molar-refractivity contribution in [3.05, 3.63) is 0 Å². The van der Waals surface area contributed by atoms with Gasteiger partial charge in [-0.05, 0) is 31.6 Å². The SMILES string of the molecule is CCOC1CC(NC(=O)[C@@H](N)C(C)(C)C)C12CCCCC2.Cl. The number of ether oxygens (including phenoxy) is 1. The molecule has 3 N–H and O–H groups in total. The molecule has 2 fully saturated rings. The maximum Gasteiger partial charge on any atom is 0.237 e. The minimum absolute atomic E-state index is 0. The topological polar surface area (TPSA) is 64.3 Å². The Balaban J connectivity index is 0.00000242. The summed E-state index contributed by atoms with van der Waals surface area (Å²) in [6.45, 7) is 8.85. The van der Waals surface area contributed by atoms with Crippen molar-refractivity contribution >= 4 is 18.3 Å². The molecule has 0 saturated heterocycles. The molecule has 0 radical (unpaired) electrons. The number of rotatable bonds is 4. The zero-order chi connectivity index (χ0) is 15.7. The summed E-state index contributed by atoms with van der Waals surface area (Å²) in [5.74, 6) is -0.00704. The molecule has 1 spiro atoms. The summed E-state index contributed by atoms with van der Waals surface area (Å²) in [4.78, 5) is 12.4. The van der Waals surface area contributed by atoms with Crippen LogP contribution in [0.5, 0.6) is 0 Å². The van der Waals surface area contributed by atoms with Crippen molar-refractivity contribution in [2.24, 2.45) is 16.6 Å². The number of hydrogen-bond acceptors (Lipinski definition) is 3. The molecule has 0 aromatic heterocycles. The number of halogens is 1. The van der Waals surface area contributed by atoms with Crippen LogP contribution in [-0.2, 0) is 9.53 Å². The van der Waals surface area contributed by atoms with E-state index in [0.29, 0.717) is 6.10 Å². The number of carbonyl (C=O) groups excluding carboxylic acids is 1. The molecule has 5 heteroatoms. The van der Waals surface area contributed by atoms with E-state index in [4.69, 9.17) is 10.5 Å². The highest BCUT2D eigenvalue weighted by atomic mass is 35.5. The largest absolute Gasteiger partial charge is 0.378 e. The van der Waals surface area contributed by atoms with E-state index in [-0.39, 0.29) is 35.2 Å². The zero-order valence-electron chi connectivity index (χ0n) is 14.5. The summed E-state index contributed by atoms with van der Waals surface area (Å²) in [5.41, 5.74) is 6.06. The summed E-state index contributed by atoms with van der Waals surface area (Å²) in [5, 5.41) is 3.23. The zero-order valence-corrected chi connectivity index (χ0v) is 15.3. The molecule has 2 saturated carbocycles. The maximum atomic E-state index is 12.4. The monoisotopic (exact) mass is 332 g/mol. The van der Waals surface area contributed by atoms with Crippen LogP contribution in [0.15, 0.2) is 0 Å². The highest BCUT2D eigenvalue weighted by Crippen LogP contribution is 2.53. The summed E-state index contributed by atoms with van der Waals surface area (Å²) < 4.78 is 5.93. The Morgan fingerprint density at radius 2 is 1.91 bits per heavy atom. The highest BCUT2D eigenvalue weighted by molar-refractivity contribution is 5.85. The Kier molecular flexibility index (Phi) is 6.72. The van der Waals surface area contributed by atoms with Gasteiger partial charge in [0.25, 0.3) is 0 Å². The number of hydrogen-bond donors (Lipinski definition) is 2. The van der Waals surface area contributed by atoms with E-state index in [0.717, 1.165) is 13.0 Å². The first-order valence-corrected chi connectivity index (χ1v) is 8.49. The van der Waals surface area contributed by atoms with Crippen molar-refractivity contribution in [2.75, 3.05) is 6.61 Å². The van der Waals surface area contributed by atoms with Crippen molar-refractivity contribution in [1.29, 1.82) is 0 Å². The average Bonchev–Trinajstić information content (AvgIpc) is 2.45. The molecule has 130 valence electrons. The lowest BCUT2D eigenvalue weighted by Crippen LogP contribution is -2.67. The van der Waals surface area contributed by atoms with Gasteiger partial charge in [0.15, 0.2) is 0 Å².